The molecule has 106 valence electrons. The number of alkyl halides is 3. The zero-order chi connectivity index (χ0) is 14.3. The Bertz CT molecular complexity index is 293. The first-order valence-corrected chi connectivity index (χ1v) is 5.41. The summed E-state index contributed by atoms with van der Waals surface area (Å²) in [5.74, 6) is -4.70. The number of hydrogen-bond donors (Lipinski definition) is 3. The molecule has 0 aromatic carbocycles. The van der Waals surface area contributed by atoms with Gasteiger partial charge in [0.1, 0.15) is 0 Å². The van der Waals surface area contributed by atoms with Crippen LogP contribution in [0.1, 0.15) is 13.8 Å². The van der Waals surface area contributed by atoms with Crippen LogP contribution in [0, 0.1) is 11.8 Å². The standard InChI is InChI=1S/C10H17F3N2O3/c1-6(2)3-15-8(16)5-14-4-7(9(17)18)10(11,12)13/h6-7,14H,3-5H2,1-2H3,(H,15,16)(H,17,18). The third kappa shape index (κ3) is 7.10. The van der Waals surface area contributed by atoms with Crippen LogP contribution in [0.25, 0.3) is 0 Å². The van der Waals surface area contributed by atoms with Gasteiger partial charge in [-0.3, -0.25) is 9.59 Å². The van der Waals surface area contributed by atoms with Gasteiger partial charge in [-0.15, -0.1) is 0 Å². The highest BCUT2D eigenvalue weighted by atomic mass is 19.4. The summed E-state index contributed by atoms with van der Waals surface area (Å²) >= 11 is 0. The van der Waals surface area contributed by atoms with E-state index in [0.29, 0.717) is 6.54 Å². The fraction of sp³-hybridized carbons (Fsp3) is 0.800. The number of amides is 1. The third-order valence-corrected chi connectivity index (χ3v) is 2.03. The molecule has 1 unspecified atom stereocenters. The topological polar surface area (TPSA) is 78.4 Å². The average Bonchev–Trinajstić information content (AvgIpc) is 2.18. The largest absolute Gasteiger partial charge is 0.481 e. The van der Waals surface area contributed by atoms with Crippen LogP contribution in [0.3, 0.4) is 0 Å². The Kier molecular flexibility index (Phi) is 6.67. The molecule has 1 atom stereocenters. The number of hydrogen-bond acceptors (Lipinski definition) is 3. The van der Waals surface area contributed by atoms with Gasteiger partial charge in [-0.1, -0.05) is 13.8 Å². The van der Waals surface area contributed by atoms with Gasteiger partial charge in [0, 0.05) is 13.1 Å². The monoisotopic (exact) mass is 270 g/mol. The minimum atomic E-state index is -4.83. The van der Waals surface area contributed by atoms with Gasteiger partial charge in [0.15, 0.2) is 5.92 Å². The number of halogens is 3. The molecule has 0 heterocycles. The maximum Gasteiger partial charge on any atom is 0.403 e. The van der Waals surface area contributed by atoms with Gasteiger partial charge in [-0.05, 0) is 5.92 Å². The lowest BCUT2D eigenvalue weighted by atomic mass is 10.1. The van der Waals surface area contributed by atoms with Crippen molar-refractivity contribution in [2.75, 3.05) is 19.6 Å². The predicted molar refractivity (Wildman–Crippen MR) is 57.9 cm³/mol. The molecule has 0 aliphatic heterocycles. The molecule has 0 spiro atoms. The number of carbonyl (C=O) groups is 2. The van der Waals surface area contributed by atoms with Crippen LogP contribution in [0.4, 0.5) is 13.2 Å². The number of carboxylic acids is 1. The van der Waals surface area contributed by atoms with E-state index in [1.807, 2.05) is 13.8 Å². The molecule has 0 fully saturated rings. The molecule has 8 heteroatoms. The Morgan fingerprint density at radius 1 is 1.22 bits per heavy atom. The van der Waals surface area contributed by atoms with Crippen molar-refractivity contribution in [1.29, 1.82) is 0 Å². The van der Waals surface area contributed by atoms with Crippen LogP contribution in [-0.4, -0.2) is 42.8 Å². The minimum Gasteiger partial charge on any atom is -0.481 e. The Morgan fingerprint density at radius 3 is 2.17 bits per heavy atom. The van der Waals surface area contributed by atoms with Crippen molar-refractivity contribution < 1.29 is 27.9 Å². The first-order valence-electron chi connectivity index (χ1n) is 5.41. The highest BCUT2D eigenvalue weighted by molar-refractivity contribution is 5.78. The second-order valence-corrected chi connectivity index (χ2v) is 4.26. The smallest absolute Gasteiger partial charge is 0.403 e. The highest BCUT2D eigenvalue weighted by Crippen LogP contribution is 2.25. The molecule has 0 aromatic heterocycles. The molecule has 3 N–H and O–H groups in total. The molecular weight excluding hydrogens is 253 g/mol. The normalized spacial score (nSPS) is 13.4. The minimum absolute atomic E-state index is 0.232. The van der Waals surface area contributed by atoms with E-state index < -0.39 is 30.5 Å². The summed E-state index contributed by atoms with van der Waals surface area (Å²) in [5, 5.41) is 13.1. The summed E-state index contributed by atoms with van der Waals surface area (Å²) < 4.78 is 36.7. The van der Waals surface area contributed by atoms with Crippen LogP contribution in [0.15, 0.2) is 0 Å². The summed E-state index contributed by atoms with van der Waals surface area (Å²) in [6, 6.07) is 0. The second kappa shape index (κ2) is 7.20. The highest BCUT2D eigenvalue weighted by Gasteiger charge is 2.44. The lowest BCUT2D eigenvalue weighted by Crippen LogP contribution is -2.43. The van der Waals surface area contributed by atoms with Crippen molar-refractivity contribution in [3.8, 4) is 0 Å². The number of rotatable bonds is 7. The molecule has 0 radical (unpaired) electrons. The van der Waals surface area contributed by atoms with Gasteiger partial charge in [-0.2, -0.15) is 13.2 Å². The van der Waals surface area contributed by atoms with Crippen LogP contribution in [0.5, 0.6) is 0 Å². The lowest BCUT2D eigenvalue weighted by molar-refractivity contribution is -0.192. The van der Waals surface area contributed by atoms with Crippen molar-refractivity contribution in [3.63, 3.8) is 0 Å². The Balaban J connectivity index is 4.01. The van der Waals surface area contributed by atoms with Gasteiger partial charge < -0.3 is 15.7 Å². The number of carboxylic acid groups (broad SMARTS) is 1. The lowest BCUT2D eigenvalue weighted by Gasteiger charge is -2.16. The van der Waals surface area contributed by atoms with Crippen molar-refractivity contribution >= 4 is 11.9 Å². The Labute approximate surface area is 103 Å². The molecule has 0 bridgehead atoms. The van der Waals surface area contributed by atoms with Crippen LogP contribution in [-0.2, 0) is 9.59 Å². The van der Waals surface area contributed by atoms with Gasteiger partial charge in [-0.25, -0.2) is 0 Å². The van der Waals surface area contributed by atoms with E-state index in [1.54, 1.807) is 0 Å². The van der Waals surface area contributed by atoms with E-state index in [0.717, 1.165) is 0 Å². The van der Waals surface area contributed by atoms with Crippen molar-refractivity contribution in [2.24, 2.45) is 11.8 Å². The van der Waals surface area contributed by atoms with E-state index in [9.17, 15) is 22.8 Å². The zero-order valence-electron chi connectivity index (χ0n) is 10.2. The summed E-state index contributed by atoms with van der Waals surface area (Å²) in [5.41, 5.74) is 0. The first kappa shape index (κ1) is 16.7. The molecule has 1 amide bonds. The van der Waals surface area contributed by atoms with Crippen molar-refractivity contribution in [3.05, 3.63) is 0 Å². The molecule has 0 aliphatic rings. The van der Waals surface area contributed by atoms with E-state index in [2.05, 4.69) is 10.6 Å². The zero-order valence-corrected chi connectivity index (χ0v) is 10.2. The van der Waals surface area contributed by atoms with Gasteiger partial charge in [0.25, 0.3) is 0 Å². The predicted octanol–water partition coefficient (Wildman–Crippen LogP) is 0.611. The van der Waals surface area contributed by atoms with Crippen LogP contribution in [0.2, 0.25) is 0 Å². The van der Waals surface area contributed by atoms with Crippen molar-refractivity contribution in [1.82, 2.24) is 10.6 Å². The quantitative estimate of drug-likeness (QED) is 0.633. The molecule has 0 rings (SSSR count). The summed E-state index contributed by atoms with van der Waals surface area (Å²) in [6.07, 6.45) is -4.83. The second-order valence-electron chi connectivity index (χ2n) is 4.26. The summed E-state index contributed by atoms with van der Waals surface area (Å²) in [6.45, 7) is 3.00. The maximum atomic E-state index is 12.2. The molecule has 5 nitrogen and oxygen atoms in total. The number of carbonyl (C=O) groups excluding carboxylic acids is 1. The average molecular weight is 270 g/mol. The number of aliphatic carboxylic acids is 1. The molecule has 18 heavy (non-hydrogen) atoms. The fourth-order valence-corrected chi connectivity index (χ4v) is 1.05. The molecule has 0 aromatic rings. The number of nitrogens with one attached hydrogen (secondary N) is 2. The van der Waals surface area contributed by atoms with Gasteiger partial charge >= 0.3 is 12.1 Å². The van der Waals surface area contributed by atoms with E-state index in [-0.39, 0.29) is 12.5 Å². The maximum absolute atomic E-state index is 12.2. The summed E-state index contributed by atoms with van der Waals surface area (Å²) in [4.78, 5) is 21.5. The van der Waals surface area contributed by atoms with Crippen LogP contribution >= 0.6 is 0 Å². The molecule has 0 aliphatic carbocycles. The molecule has 0 saturated heterocycles. The van der Waals surface area contributed by atoms with Crippen molar-refractivity contribution in [2.45, 2.75) is 20.0 Å². The summed E-state index contributed by atoms with van der Waals surface area (Å²) in [7, 11) is 0. The molecular formula is C10H17F3N2O3. The Morgan fingerprint density at radius 2 is 1.78 bits per heavy atom. The fourth-order valence-electron chi connectivity index (χ4n) is 1.05. The van der Waals surface area contributed by atoms with Crippen LogP contribution < -0.4 is 10.6 Å². The van der Waals surface area contributed by atoms with E-state index >= 15 is 0 Å². The Hall–Kier alpha value is -1.31. The third-order valence-electron chi connectivity index (χ3n) is 2.03. The molecule has 0 saturated carbocycles. The first-order chi connectivity index (χ1) is 8.14. The van der Waals surface area contributed by atoms with Gasteiger partial charge in [0.05, 0.1) is 6.54 Å². The van der Waals surface area contributed by atoms with E-state index in [4.69, 9.17) is 5.11 Å². The van der Waals surface area contributed by atoms with E-state index in [1.165, 1.54) is 0 Å². The SMILES string of the molecule is CC(C)CNC(=O)CNCC(C(=O)O)C(F)(F)F. The van der Waals surface area contributed by atoms with Gasteiger partial charge in [0.2, 0.25) is 5.91 Å².